The van der Waals surface area contributed by atoms with Crippen LogP contribution in [-0.2, 0) is 4.79 Å². The third-order valence-electron chi connectivity index (χ3n) is 5.74. The van der Waals surface area contributed by atoms with Crippen LogP contribution in [0.4, 0.5) is 0 Å². The number of carbonyl (C=O) groups excluding carboxylic acids is 1. The average Bonchev–Trinajstić information content (AvgIpc) is 2.71. The molecule has 0 amide bonds. The first-order chi connectivity index (χ1) is 13.9. The predicted molar refractivity (Wildman–Crippen MR) is 122 cm³/mol. The Kier molecular flexibility index (Phi) is 25.7. The zero-order chi connectivity index (χ0) is 20.4. The summed E-state index contributed by atoms with van der Waals surface area (Å²) in [6.07, 6.45) is 31.2. The molecule has 0 saturated heterocycles. The van der Waals surface area contributed by atoms with Gasteiger partial charge >= 0.3 is 0 Å². The number of hydrogen-bond acceptors (Lipinski definition) is 3. The van der Waals surface area contributed by atoms with E-state index in [0.29, 0.717) is 13.2 Å². The zero-order valence-electron chi connectivity index (χ0n) is 18.8. The average molecular weight is 396 g/mol. The number of hydrogen-bond donors (Lipinski definition) is 1. The van der Waals surface area contributed by atoms with Crippen LogP contribution in [0.2, 0.25) is 0 Å². The lowest BCUT2D eigenvalue weighted by Gasteiger charge is -2.04. The fourth-order valence-corrected chi connectivity index (χ4v) is 3.88. The van der Waals surface area contributed by atoms with Crippen molar-refractivity contribution in [3.05, 3.63) is 0 Å². The number of aliphatic hydroxyl groups is 1. The van der Waals surface area contributed by atoms with Gasteiger partial charge in [-0.1, -0.05) is 128 Å². The minimum absolute atomic E-state index is 0.364. The lowest BCUT2D eigenvalue weighted by atomic mass is 10.0. The van der Waals surface area contributed by atoms with Gasteiger partial charge in [-0.3, -0.25) is 0 Å². The molecule has 0 heterocycles. The van der Waals surface area contributed by atoms with E-state index in [2.05, 4.69) is 4.99 Å². The monoisotopic (exact) mass is 395 g/mol. The van der Waals surface area contributed by atoms with Crippen molar-refractivity contribution < 1.29 is 9.90 Å². The van der Waals surface area contributed by atoms with E-state index in [9.17, 15) is 4.79 Å². The highest BCUT2D eigenvalue weighted by atomic mass is 16.2. The van der Waals surface area contributed by atoms with Crippen molar-refractivity contribution >= 4 is 6.08 Å². The summed E-state index contributed by atoms with van der Waals surface area (Å²) in [7, 11) is 0. The van der Waals surface area contributed by atoms with Gasteiger partial charge < -0.3 is 5.11 Å². The van der Waals surface area contributed by atoms with Gasteiger partial charge in [-0.15, -0.1) is 0 Å². The molecule has 3 nitrogen and oxygen atoms in total. The van der Waals surface area contributed by atoms with Gasteiger partial charge in [0, 0.05) is 6.61 Å². The van der Waals surface area contributed by atoms with Crippen LogP contribution in [0.3, 0.4) is 0 Å². The summed E-state index contributed by atoms with van der Waals surface area (Å²) in [5.74, 6) is 0. The van der Waals surface area contributed by atoms with Gasteiger partial charge in [0.25, 0.3) is 0 Å². The number of aliphatic hydroxyl groups excluding tert-OH is 1. The number of rotatable bonds is 24. The summed E-state index contributed by atoms with van der Waals surface area (Å²) < 4.78 is 0. The maximum Gasteiger partial charge on any atom is 0.234 e. The van der Waals surface area contributed by atoms with Crippen LogP contribution in [0.1, 0.15) is 141 Å². The van der Waals surface area contributed by atoms with E-state index in [1.54, 1.807) is 6.08 Å². The van der Waals surface area contributed by atoms with Gasteiger partial charge in [0.05, 0.1) is 6.54 Å². The van der Waals surface area contributed by atoms with Crippen molar-refractivity contribution in [2.75, 3.05) is 13.2 Å². The SMILES string of the molecule is O=C=NCCCCCCCCCCCCCCCCCCCCCCCCO. The largest absolute Gasteiger partial charge is 0.396 e. The van der Waals surface area contributed by atoms with Gasteiger partial charge in [-0.05, 0) is 12.8 Å². The molecule has 166 valence electrons. The van der Waals surface area contributed by atoms with Crippen molar-refractivity contribution in [2.24, 2.45) is 4.99 Å². The van der Waals surface area contributed by atoms with E-state index in [1.165, 1.54) is 128 Å². The van der Waals surface area contributed by atoms with Gasteiger partial charge in [0.1, 0.15) is 0 Å². The van der Waals surface area contributed by atoms with Crippen LogP contribution in [0.15, 0.2) is 4.99 Å². The molecule has 0 aliphatic heterocycles. The molecule has 0 fully saturated rings. The van der Waals surface area contributed by atoms with Crippen molar-refractivity contribution in [1.82, 2.24) is 0 Å². The molecule has 3 heteroatoms. The van der Waals surface area contributed by atoms with Gasteiger partial charge in [-0.2, -0.15) is 0 Å². The van der Waals surface area contributed by atoms with E-state index < -0.39 is 0 Å². The molecule has 0 aromatic heterocycles. The van der Waals surface area contributed by atoms with E-state index >= 15 is 0 Å². The molecule has 0 saturated carbocycles. The quantitative estimate of drug-likeness (QED) is 0.103. The molecule has 0 aliphatic carbocycles. The van der Waals surface area contributed by atoms with Crippen LogP contribution in [0.5, 0.6) is 0 Å². The van der Waals surface area contributed by atoms with Crippen molar-refractivity contribution in [2.45, 2.75) is 141 Å². The first-order valence-corrected chi connectivity index (χ1v) is 12.6. The fourth-order valence-electron chi connectivity index (χ4n) is 3.88. The number of nitrogens with zero attached hydrogens (tertiary/aromatic N) is 1. The summed E-state index contributed by atoms with van der Waals surface area (Å²) in [6.45, 7) is 1.03. The topological polar surface area (TPSA) is 49.7 Å². The van der Waals surface area contributed by atoms with Crippen LogP contribution < -0.4 is 0 Å². The highest BCUT2D eigenvalue weighted by molar-refractivity contribution is 5.32. The van der Waals surface area contributed by atoms with Crippen molar-refractivity contribution in [1.29, 1.82) is 0 Å². The number of aliphatic imine (C=N–C) groups is 1. The molecule has 0 rings (SSSR count). The Morgan fingerprint density at radius 2 is 0.679 bits per heavy atom. The van der Waals surface area contributed by atoms with Crippen LogP contribution in [0.25, 0.3) is 0 Å². The molecule has 0 bridgehead atoms. The highest BCUT2D eigenvalue weighted by Crippen LogP contribution is 2.15. The molecule has 0 unspecified atom stereocenters. The maximum atomic E-state index is 9.93. The second-order valence-electron chi connectivity index (χ2n) is 8.47. The van der Waals surface area contributed by atoms with Crippen LogP contribution in [-0.4, -0.2) is 24.3 Å². The minimum atomic E-state index is 0.364. The summed E-state index contributed by atoms with van der Waals surface area (Å²) >= 11 is 0. The fraction of sp³-hybridized carbons (Fsp3) is 0.960. The second kappa shape index (κ2) is 26.3. The predicted octanol–water partition coefficient (Wildman–Crippen LogP) is 7.90. The lowest BCUT2D eigenvalue weighted by Crippen LogP contribution is -1.85. The maximum absolute atomic E-state index is 9.93. The Labute approximate surface area is 175 Å². The smallest absolute Gasteiger partial charge is 0.234 e. The Balaban J connectivity index is 2.98. The zero-order valence-corrected chi connectivity index (χ0v) is 18.8. The van der Waals surface area contributed by atoms with Crippen LogP contribution in [0, 0.1) is 0 Å². The number of isocyanates is 1. The molecular formula is C25H49NO2. The molecule has 0 aromatic carbocycles. The molecule has 0 spiro atoms. The summed E-state index contributed by atoms with van der Waals surface area (Å²) in [5, 5.41) is 8.73. The molecule has 0 aromatic rings. The third-order valence-corrected chi connectivity index (χ3v) is 5.74. The van der Waals surface area contributed by atoms with E-state index in [0.717, 1.165) is 12.8 Å². The summed E-state index contributed by atoms with van der Waals surface area (Å²) in [4.78, 5) is 13.5. The van der Waals surface area contributed by atoms with E-state index in [-0.39, 0.29) is 0 Å². The van der Waals surface area contributed by atoms with Gasteiger partial charge in [0.15, 0.2) is 0 Å². The third kappa shape index (κ3) is 25.3. The Hall–Kier alpha value is -0.660. The van der Waals surface area contributed by atoms with Crippen molar-refractivity contribution in [3.63, 3.8) is 0 Å². The molecule has 1 N–H and O–H groups in total. The van der Waals surface area contributed by atoms with Gasteiger partial charge in [-0.25, -0.2) is 9.79 Å². The molecule has 28 heavy (non-hydrogen) atoms. The Bertz CT molecular complexity index is 327. The van der Waals surface area contributed by atoms with Gasteiger partial charge in [0.2, 0.25) is 6.08 Å². The summed E-state index contributed by atoms with van der Waals surface area (Å²) in [6, 6.07) is 0. The number of unbranched alkanes of at least 4 members (excludes halogenated alkanes) is 21. The standard InChI is InChI=1S/C25H49NO2/c27-24-22-20-18-16-14-12-10-8-6-4-2-1-3-5-7-9-11-13-15-17-19-21-23-26-25-28/h27H,1-24H2. The second-order valence-corrected chi connectivity index (χ2v) is 8.47. The molecule has 0 radical (unpaired) electrons. The van der Waals surface area contributed by atoms with E-state index in [1.807, 2.05) is 0 Å². The molecule has 0 atom stereocenters. The normalized spacial score (nSPS) is 10.9. The Morgan fingerprint density at radius 1 is 0.429 bits per heavy atom. The molecule has 0 aliphatic rings. The molecular weight excluding hydrogens is 346 g/mol. The lowest BCUT2D eigenvalue weighted by molar-refractivity contribution is 0.282. The van der Waals surface area contributed by atoms with Crippen LogP contribution >= 0.6 is 0 Å². The Morgan fingerprint density at radius 3 is 0.929 bits per heavy atom. The van der Waals surface area contributed by atoms with Crippen molar-refractivity contribution in [3.8, 4) is 0 Å². The summed E-state index contributed by atoms with van der Waals surface area (Å²) in [5.41, 5.74) is 0. The minimum Gasteiger partial charge on any atom is -0.396 e. The highest BCUT2D eigenvalue weighted by Gasteiger charge is 1.96. The first-order valence-electron chi connectivity index (χ1n) is 12.6. The first kappa shape index (κ1) is 27.3. The van der Waals surface area contributed by atoms with E-state index in [4.69, 9.17) is 5.11 Å².